The zero-order valence-electron chi connectivity index (χ0n) is 18.9. The maximum Gasteiger partial charge on any atom is 0.174 e. The van der Waals surface area contributed by atoms with Gasteiger partial charge in [0.2, 0.25) is 0 Å². The fraction of sp³-hybridized carbons (Fsp3) is 0.321. The molecule has 0 radical (unpaired) electrons. The first-order chi connectivity index (χ1) is 16.7. The summed E-state index contributed by atoms with van der Waals surface area (Å²) in [7, 11) is 0. The maximum atomic E-state index is 12.7. The van der Waals surface area contributed by atoms with Crippen molar-refractivity contribution in [1.29, 1.82) is 0 Å². The van der Waals surface area contributed by atoms with Crippen molar-refractivity contribution in [2.24, 2.45) is 0 Å². The van der Waals surface area contributed by atoms with Crippen LogP contribution in [0.1, 0.15) is 16.7 Å². The highest BCUT2D eigenvalue weighted by atomic mass is 79.9. The highest BCUT2D eigenvalue weighted by molar-refractivity contribution is 9.09. The third-order valence-corrected chi connectivity index (χ3v) is 6.28. The van der Waals surface area contributed by atoms with Gasteiger partial charge in [0.25, 0.3) is 0 Å². The van der Waals surface area contributed by atoms with Gasteiger partial charge >= 0.3 is 0 Å². The third-order valence-electron chi connectivity index (χ3n) is 5.72. The zero-order chi connectivity index (χ0) is 23.6. The molecule has 3 aromatic rings. The molecule has 5 nitrogen and oxygen atoms in total. The number of benzene rings is 3. The second kappa shape index (κ2) is 12.9. The van der Waals surface area contributed by atoms with Gasteiger partial charge in [-0.2, -0.15) is 0 Å². The lowest BCUT2D eigenvalue weighted by Crippen LogP contribution is -2.41. The maximum absolute atomic E-state index is 12.7. The fourth-order valence-corrected chi connectivity index (χ4v) is 4.30. The second-order valence-corrected chi connectivity index (χ2v) is 8.78. The molecule has 0 bridgehead atoms. The predicted molar refractivity (Wildman–Crippen MR) is 134 cm³/mol. The van der Waals surface area contributed by atoms with E-state index < -0.39 is 24.4 Å². The molecule has 1 heterocycles. The summed E-state index contributed by atoms with van der Waals surface area (Å²) in [6, 6.07) is 29.8. The number of hydrogen-bond acceptors (Lipinski definition) is 5. The Morgan fingerprint density at radius 2 is 1.18 bits per heavy atom. The number of alkyl halides is 1. The molecule has 4 rings (SSSR count). The summed E-state index contributed by atoms with van der Waals surface area (Å²) in [5, 5.41) is 0.186. The molecule has 0 unspecified atom stereocenters. The number of ether oxygens (including phenoxy) is 4. The Hall–Kier alpha value is -2.35. The van der Waals surface area contributed by atoms with Gasteiger partial charge < -0.3 is 18.9 Å². The van der Waals surface area contributed by atoms with Crippen LogP contribution in [-0.4, -0.2) is 42.1 Å². The summed E-state index contributed by atoms with van der Waals surface area (Å²) in [5.74, 6) is -0.0723. The largest absolute Gasteiger partial charge is 0.374 e. The molecular formula is C28H29BrO5. The van der Waals surface area contributed by atoms with Crippen molar-refractivity contribution in [2.75, 3.05) is 11.9 Å². The number of carbonyl (C=O) groups excluding carboxylic acids is 1. The van der Waals surface area contributed by atoms with Crippen LogP contribution in [0.2, 0.25) is 0 Å². The van der Waals surface area contributed by atoms with Crippen molar-refractivity contribution in [2.45, 2.75) is 44.2 Å². The molecule has 178 valence electrons. The van der Waals surface area contributed by atoms with E-state index >= 15 is 0 Å². The smallest absolute Gasteiger partial charge is 0.174 e. The average molecular weight is 525 g/mol. The Morgan fingerprint density at radius 3 is 1.68 bits per heavy atom. The minimum atomic E-state index is -0.728. The molecule has 6 heteroatoms. The Morgan fingerprint density at radius 1 is 0.706 bits per heavy atom. The van der Waals surface area contributed by atoms with E-state index in [4.69, 9.17) is 18.9 Å². The molecule has 0 spiro atoms. The van der Waals surface area contributed by atoms with Crippen molar-refractivity contribution in [3.8, 4) is 0 Å². The summed E-state index contributed by atoms with van der Waals surface area (Å²) in [5.41, 5.74) is 3.15. The molecule has 1 saturated heterocycles. The summed E-state index contributed by atoms with van der Waals surface area (Å²) < 4.78 is 24.8. The summed E-state index contributed by atoms with van der Waals surface area (Å²) in [4.78, 5) is 12.7. The standard InChI is InChI=1S/C28H29BrO5/c29-16-24(30)26-28(33-19-23-14-8-3-9-15-23)27(32-18-22-12-6-2-7-13-22)25(34-26)20-31-17-21-10-4-1-5-11-21/h1-15,25-28H,16-20H2/t25-,26+,27-,28+/m1/s1. The number of Topliss-reactive ketones (excluding diaryl/α,β-unsaturated/α-hetero) is 1. The Bertz CT molecular complexity index is 999. The molecule has 3 aromatic carbocycles. The van der Waals surface area contributed by atoms with Gasteiger partial charge in [-0.3, -0.25) is 4.79 Å². The van der Waals surface area contributed by atoms with Gasteiger partial charge in [0, 0.05) is 0 Å². The van der Waals surface area contributed by atoms with Crippen molar-refractivity contribution >= 4 is 21.7 Å². The molecule has 1 aliphatic heterocycles. The molecular weight excluding hydrogens is 496 g/mol. The van der Waals surface area contributed by atoms with Crippen LogP contribution in [-0.2, 0) is 43.6 Å². The van der Waals surface area contributed by atoms with Crippen molar-refractivity contribution in [3.63, 3.8) is 0 Å². The number of halogens is 1. The van der Waals surface area contributed by atoms with Crippen LogP contribution in [0.3, 0.4) is 0 Å². The van der Waals surface area contributed by atoms with Crippen LogP contribution < -0.4 is 0 Å². The van der Waals surface area contributed by atoms with Gasteiger partial charge in [0.15, 0.2) is 5.78 Å². The van der Waals surface area contributed by atoms with Gasteiger partial charge in [0.05, 0.1) is 31.8 Å². The van der Waals surface area contributed by atoms with Crippen LogP contribution >= 0.6 is 15.9 Å². The molecule has 0 aliphatic carbocycles. The highest BCUT2D eigenvalue weighted by Crippen LogP contribution is 2.30. The molecule has 0 amide bonds. The average Bonchev–Trinajstić information content (AvgIpc) is 3.24. The normalized spacial score (nSPS) is 22.0. The topological polar surface area (TPSA) is 54.0 Å². The minimum Gasteiger partial charge on any atom is -0.374 e. The zero-order valence-corrected chi connectivity index (χ0v) is 20.5. The van der Waals surface area contributed by atoms with E-state index in [0.29, 0.717) is 26.4 Å². The quantitative estimate of drug-likeness (QED) is 0.308. The Labute approximate surface area is 209 Å². The SMILES string of the molecule is O=C(CBr)[C@@H]1O[C@H](COCc2ccccc2)[C@@H](OCc2ccccc2)[C@H]1OCc1ccccc1. The highest BCUT2D eigenvalue weighted by Gasteiger charge is 2.49. The lowest BCUT2D eigenvalue weighted by Gasteiger charge is -2.25. The number of carbonyl (C=O) groups is 1. The lowest BCUT2D eigenvalue weighted by molar-refractivity contribution is -0.134. The minimum absolute atomic E-state index is 0.0723. The molecule has 34 heavy (non-hydrogen) atoms. The van der Waals surface area contributed by atoms with Crippen LogP contribution in [0, 0.1) is 0 Å². The predicted octanol–water partition coefficient (Wildman–Crippen LogP) is 5.11. The lowest BCUT2D eigenvalue weighted by atomic mass is 10.0. The molecule has 4 atom stereocenters. The van der Waals surface area contributed by atoms with E-state index in [9.17, 15) is 4.79 Å². The summed E-state index contributed by atoms with van der Waals surface area (Å²) >= 11 is 3.29. The van der Waals surface area contributed by atoms with E-state index in [1.165, 1.54) is 0 Å². The van der Waals surface area contributed by atoms with E-state index in [1.54, 1.807) is 0 Å². The van der Waals surface area contributed by atoms with E-state index in [1.807, 2.05) is 91.0 Å². The summed E-state index contributed by atoms with van der Waals surface area (Å²) in [6.45, 7) is 1.51. The number of hydrogen-bond donors (Lipinski definition) is 0. The monoisotopic (exact) mass is 524 g/mol. The number of ketones is 1. The fourth-order valence-electron chi connectivity index (χ4n) is 3.98. The molecule has 1 aliphatic rings. The first kappa shape index (κ1) is 24.8. The van der Waals surface area contributed by atoms with Gasteiger partial charge in [-0.1, -0.05) is 107 Å². The van der Waals surface area contributed by atoms with Gasteiger partial charge in [0.1, 0.15) is 24.4 Å². The molecule has 0 aromatic heterocycles. The van der Waals surface area contributed by atoms with Crippen LogP contribution in [0.4, 0.5) is 0 Å². The number of rotatable bonds is 12. The van der Waals surface area contributed by atoms with E-state index in [-0.39, 0.29) is 11.1 Å². The van der Waals surface area contributed by atoms with Crippen molar-refractivity contribution in [1.82, 2.24) is 0 Å². The molecule has 0 saturated carbocycles. The summed E-state index contributed by atoms with van der Waals surface area (Å²) in [6.07, 6.45) is -2.15. The van der Waals surface area contributed by atoms with E-state index in [0.717, 1.165) is 16.7 Å². The van der Waals surface area contributed by atoms with Crippen LogP contribution in [0.5, 0.6) is 0 Å². The van der Waals surface area contributed by atoms with Crippen molar-refractivity contribution < 1.29 is 23.7 Å². The van der Waals surface area contributed by atoms with Crippen molar-refractivity contribution in [3.05, 3.63) is 108 Å². The van der Waals surface area contributed by atoms with E-state index in [2.05, 4.69) is 15.9 Å². The molecule has 1 fully saturated rings. The third kappa shape index (κ3) is 6.84. The molecule has 0 N–H and O–H groups in total. The van der Waals surface area contributed by atoms with Gasteiger partial charge in [-0.15, -0.1) is 0 Å². The van der Waals surface area contributed by atoms with Crippen LogP contribution in [0.15, 0.2) is 91.0 Å². The second-order valence-electron chi connectivity index (χ2n) is 8.22. The first-order valence-corrected chi connectivity index (χ1v) is 12.5. The Kier molecular flexibility index (Phi) is 9.42. The Balaban J connectivity index is 1.48. The van der Waals surface area contributed by atoms with Gasteiger partial charge in [-0.25, -0.2) is 0 Å². The van der Waals surface area contributed by atoms with Crippen LogP contribution in [0.25, 0.3) is 0 Å². The van der Waals surface area contributed by atoms with Gasteiger partial charge in [-0.05, 0) is 16.7 Å². The first-order valence-electron chi connectivity index (χ1n) is 11.4.